The van der Waals surface area contributed by atoms with Crippen molar-refractivity contribution in [2.24, 2.45) is 17.6 Å². The van der Waals surface area contributed by atoms with E-state index in [1.54, 1.807) is 0 Å². The van der Waals surface area contributed by atoms with E-state index < -0.39 is 0 Å². The molecule has 1 aliphatic heterocycles. The van der Waals surface area contributed by atoms with E-state index in [1.165, 1.54) is 51.7 Å². The van der Waals surface area contributed by atoms with E-state index in [1.807, 2.05) is 0 Å². The molecule has 3 heteroatoms. The first kappa shape index (κ1) is 12.9. The predicted molar refractivity (Wildman–Crippen MR) is 75.5 cm³/mol. The molecule has 1 atom stereocenters. The Bertz CT molecular complexity index is 284. The molecule has 0 bridgehead atoms. The van der Waals surface area contributed by atoms with Gasteiger partial charge in [-0.3, -0.25) is 4.90 Å². The van der Waals surface area contributed by atoms with Gasteiger partial charge in [0.1, 0.15) is 0 Å². The molecule has 3 aliphatic rings. The molecule has 1 heterocycles. The van der Waals surface area contributed by atoms with Crippen molar-refractivity contribution in [3.63, 3.8) is 0 Å². The number of nitrogens with two attached hydrogens (primary N) is 1. The summed E-state index contributed by atoms with van der Waals surface area (Å²) < 4.78 is 0. The Hall–Kier alpha value is -0.120. The monoisotopic (exact) mass is 251 g/mol. The van der Waals surface area contributed by atoms with E-state index >= 15 is 0 Å². The van der Waals surface area contributed by atoms with Gasteiger partial charge in [-0.2, -0.15) is 0 Å². The fourth-order valence-corrected chi connectivity index (χ4v) is 4.41. The van der Waals surface area contributed by atoms with Crippen LogP contribution in [0.1, 0.15) is 39.0 Å². The van der Waals surface area contributed by atoms with Crippen molar-refractivity contribution in [1.82, 2.24) is 9.80 Å². The third kappa shape index (κ3) is 2.10. The highest BCUT2D eigenvalue weighted by atomic mass is 15.3. The van der Waals surface area contributed by atoms with Crippen LogP contribution in [0.15, 0.2) is 0 Å². The fourth-order valence-electron chi connectivity index (χ4n) is 4.41. The molecule has 0 aromatic rings. The van der Waals surface area contributed by atoms with Gasteiger partial charge in [0, 0.05) is 31.2 Å². The molecular formula is C15H29N3. The zero-order valence-corrected chi connectivity index (χ0v) is 12.1. The molecule has 1 saturated heterocycles. The average Bonchev–Trinajstić information content (AvgIpc) is 3.17. The lowest BCUT2D eigenvalue weighted by molar-refractivity contribution is 0.0204. The summed E-state index contributed by atoms with van der Waals surface area (Å²) in [4.78, 5) is 5.32. The summed E-state index contributed by atoms with van der Waals surface area (Å²) >= 11 is 0. The van der Waals surface area contributed by atoms with Gasteiger partial charge in [-0.15, -0.1) is 0 Å². The maximum atomic E-state index is 6.31. The maximum absolute atomic E-state index is 6.31. The van der Waals surface area contributed by atoms with Crippen molar-refractivity contribution in [2.75, 3.05) is 33.2 Å². The number of rotatable bonds is 4. The Balaban J connectivity index is 1.84. The van der Waals surface area contributed by atoms with Crippen molar-refractivity contribution < 1.29 is 0 Å². The standard InChI is InChI=1S/C15H29N3/c1-12-10-17(2)8-3-9-18(12)15(11-16,13-4-5-13)14-6-7-14/h12-14H,3-11,16H2,1-2H3. The van der Waals surface area contributed by atoms with Gasteiger partial charge in [-0.1, -0.05) is 0 Å². The number of nitrogens with zero attached hydrogens (tertiary/aromatic N) is 2. The SMILES string of the molecule is CC1CN(C)CCCN1C(CN)(C1CC1)C1CC1. The van der Waals surface area contributed by atoms with E-state index in [9.17, 15) is 0 Å². The largest absolute Gasteiger partial charge is 0.329 e. The lowest BCUT2D eigenvalue weighted by Gasteiger charge is -2.47. The molecule has 0 aromatic carbocycles. The van der Waals surface area contributed by atoms with Crippen molar-refractivity contribution in [2.45, 2.75) is 50.6 Å². The van der Waals surface area contributed by atoms with Crippen LogP contribution in [0.25, 0.3) is 0 Å². The first-order valence-electron chi connectivity index (χ1n) is 7.84. The number of likely N-dealkylation sites (N-methyl/N-ethyl adjacent to an activating group) is 1. The summed E-state index contributed by atoms with van der Waals surface area (Å²) in [6.07, 6.45) is 7.00. The second kappa shape index (κ2) is 4.77. The van der Waals surface area contributed by atoms with Gasteiger partial charge in [0.05, 0.1) is 0 Å². The molecule has 18 heavy (non-hydrogen) atoms. The molecule has 3 fully saturated rings. The van der Waals surface area contributed by atoms with E-state index in [0.717, 1.165) is 18.4 Å². The molecule has 2 aliphatic carbocycles. The molecule has 3 rings (SSSR count). The van der Waals surface area contributed by atoms with Gasteiger partial charge >= 0.3 is 0 Å². The minimum atomic E-state index is 0.366. The summed E-state index contributed by atoms with van der Waals surface area (Å²) in [5.74, 6) is 1.81. The van der Waals surface area contributed by atoms with E-state index in [4.69, 9.17) is 5.73 Å². The number of hydrogen-bond donors (Lipinski definition) is 1. The van der Waals surface area contributed by atoms with Gasteiger partial charge in [-0.05, 0) is 64.5 Å². The van der Waals surface area contributed by atoms with Crippen LogP contribution in [0.3, 0.4) is 0 Å². The Labute approximate surface area is 112 Å². The lowest BCUT2D eigenvalue weighted by atomic mass is 9.84. The maximum Gasteiger partial charge on any atom is 0.0391 e. The topological polar surface area (TPSA) is 32.5 Å². The third-order valence-corrected chi connectivity index (χ3v) is 5.48. The van der Waals surface area contributed by atoms with Gasteiger partial charge in [0.2, 0.25) is 0 Å². The van der Waals surface area contributed by atoms with E-state index in [2.05, 4.69) is 23.8 Å². The van der Waals surface area contributed by atoms with Gasteiger partial charge in [0.25, 0.3) is 0 Å². The second-order valence-corrected chi connectivity index (χ2v) is 6.90. The minimum absolute atomic E-state index is 0.366. The summed E-state index contributed by atoms with van der Waals surface area (Å²) in [6, 6.07) is 0.669. The van der Waals surface area contributed by atoms with Crippen LogP contribution >= 0.6 is 0 Å². The lowest BCUT2D eigenvalue weighted by Crippen LogP contribution is -2.61. The van der Waals surface area contributed by atoms with Crippen LogP contribution < -0.4 is 5.73 Å². The minimum Gasteiger partial charge on any atom is -0.329 e. The summed E-state index contributed by atoms with van der Waals surface area (Å²) in [5.41, 5.74) is 6.68. The Morgan fingerprint density at radius 1 is 1.11 bits per heavy atom. The Morgan fingerprint density at radius 3 is 2.22 bits per heavy atom. The zero-order chi connectivity index (χ0) is 12.8. The average molecular weight is 251 g/mol. The van der Waals surface area contributed by atoms with Crippen LogP contribution in [0.5, 0.6) is 0 Å². The molecule has 1 unspecified atom stereocenters. The molecule has 2 N–H and O–H groups in total. The highest BCUT2D eigenvalue weighted by Crippen LogP contribution is 2.55. The van der Waals surface area contributed by atoms with Crippen LogP contribution in [0, 0.1) is 11.8 Å². The normalized spacial score (nSPS) is 32.5. The summed E-state index contributed by atoms with van der Waals surface area (Å²) in [7, 11) is 2.26. The van der Waals surface area contributed by atoms with Crippen LogP contribution in [0.2, 0.25) is 0 Å². The van der Waals surface area contributed by atoms with Gasteiger partial charge < -0.3 is 10.6 Å². The van der Waals surface area contributed by atoms with Crippen molar-refractivity contribution in [1.29, 1.82) is 0 Å². The first-order chi connectivity index (χ1) is 8.68. The molecule has 3 nitrogen and oxygen atoms in total. The van der Waals surface area contributed by atoms with Crippen LogP contribution in [-0.4, -0.2) is 54.6 Å². The smallest absolute Gasteiger partial charge is 0.0391 e. The summed E-state index contributed by atoms with van der Waals surface area (Å²) in [6.45, 7) is 7.01. The third-order valence-electron chi connectivity index (χ3n) is 5.48. The van der Waals surface area contributed by atoms with Crippen molar-refractivity contribution in [3.8, 4) is 0 Å². The fraction of sp³-hybridized carbons (Fsp3) is 1.00. The molecular weight excluding hydrogens is 222 g/mol. The van der Waals surface area contributed by atoms with Crippen molar-refractivity contribution >= 4 is 0 Å². The molecule has 0 spiro atoms. The van der Waals surface area contributed by atoms with E-state index in [-0.39, 0.29) is 0 Å². The van der Waals surface area contributed by atoms with E-state index in [0.29, 0.717) is 11.6 Å². The molecule has 2 saturated carbocycles. The van der Waals surface area contributed by atoms with Gasteiger partial charge in [-0.25, -0.2) is 0 Å². The van der Waals surface area contributed by atoms with Gasteiger partial charge in [0.15, 0.2) is 0 Å². The molecule has 104 valence electrons. The highest BCUT2D eigenvalue weighted by Gasteiger charge is 2.57. The quantitative estimate of drug-likeness (QED) is 0.822. The second-order valence-electron chi connectivity index (χ2n) is 6.90. The Kier molecular flexibility index (Phi) is 3.41. The Morgan fingerprint density at radius 2 is 1.72 bits per heavy atom. The molecule has 0 radical (unpaired) electrons. The predicted octanol–water partition coefficient (Wildman–Crippen LogP) is 1.53. The highest BCUT2D eigenvalue weighted by molar-refractivity contribution is 5.12. The zero-order valence-electron chi connectivity index (χ0n) is 12.1. The van der Waals surface area contributed by atoms with Crippen LogP contribution in [0.4, 0.5) is 0 Å². The molecule has 0 amide bonds. The first-order valence-corrected chi connectivity index (χ1v) is 7.84. The van der Waals surface area contributed by atoms with Crippen LogP contribution in [-0.2, 0) is 0 Å². The number of hydrogen-bond acceptors (Lipinski definition) is 3. The summed E-state index contributed by atoms with van der Waals surface area (Å²) in [5, 5.41) is 0. The molecule has 0 aromatic heterocycles. The van der Waals surface area contributed by atoms with Crippen molar-refractivity contribution in [3.05, 3.63) is 0 Å².